The van der Waals surface area contributed by atoms with Gasteiger partial charge in [-0.15, -0.1) is 0 Å². The molecule has 0 spiro atoms. The Morgan fingerprint density at radius 3 is 1.96 bits per heavy atom. The number of carbonyl (C=O) groups excluding carboxylic acids is 2. The standard InChI is InChI=1S/C18H17N3O4/c19-21-20-16(18(23)25-13-15-9-5-2-6-10-15)11-17(22)24-12-14-7-3-1-4-8-14/h1-10,16H,11-13H2/t16-/m0/s1. The number of benzene rings is 2. The molecule has 0 N–H and O–H groups in total. The van der Waals surface area contributed by atoms with E-state index in [2.05, 4.69) is 10.0 Å². The fourth-order valence-electron chi connectivity index (χ4n) is 2.01. The first-order valence-electron chi connectivity index (χ1n) is 7.63. The van der Waals surface area contributed by atoms with Crippen LogP contribution >= 0.6 is 0 Å². The number of rotatable bonds is 8. The zero-order chi connectivity index (χ0) is 17.9. The van der Waals surface area contributed by atoms with Crippen LogP contribution in [0.2, 0.25) is 0 Å². The topological polar surface area (TPSA) is 101 Å². The van der Waals surface area contributed by atoms with Gasteiger partial charge in [-0.2, -0.15) is 0 Å². The molecule has 0 aliphatic rings. The van der Waals surface area contributed by atoms with Crippen LogP contribution < -0.4 is 0 Å². The molecule has 0 aromatic heterocycles. The highest BCUT2D eigenvalue weighted by Crippen LogP contribution is 2.09. The molecule has 1 atom stereocenters. The molecule has 0 saturated carbocycles. The van der Waals surface area contributed by atoms with E-state index in [4.69, 9.17) is 15.0 Å². The van der Waals surface area contributed by atoms with Crippen LogP contribution in [0.5, 0.6) is 0 Å². The summed E-state index contributed by atoms with van der Waals surface area (Å²) in [6, 6.07) is 16.9. The molecule has 0 radical (unpaired) electrons. The van der Waals surface area contributed by atoms with Crippen LogP contribution in [0, 0.1) is 0 Å². The number of azide groups is 1. The summed E-state index contributed by atoms with van der Waals surface area (Å²) in [7, 11) is 0. The predicted octanol–water partition coefficient (Wildman–Crippen LogP) is 3.54. The molecule has 25 heavy (non-hydrogen) atoms. The van der Waals surface area contributed by atoms with Crippen LogP contribution in [0.3, 0.4) is 0 Å². The molecule has 7 heteroatoms. The largest absolute Gasteiger partial charge is 0.461 e. The van der Waals surface area contributed by atoms with Crippen molar-refractivity contribution in [1.29, 1.82) is 0 Å². The average Bonchev–Trinajstić information content (AvgIpc) is 2.66. The van der Waals surface area contributed by atoms with Gasteiger partial charge in [-0.25, -0.2) is 0 Å². The summed E-state index contributed by atoms with van der Waals surface area (Å²) >= 11 is 0. The van der Waals surface area contributed by atoms with E-state index in [9.17, 15) is 9.59 Å². The van der Waals surface area contributed by atoms with Gasteiger partial charge in [0.25, 0.3) is 0 Å². The van der Waals surface area contributed by atoms with E-state index in [1.54, 1.807) is 12.1 Å². The van der Waals surface area contributed by atoms with Crippen molar-refractivity contribution in [2.45, 2.75) is 25.7 Å². The van der Waals surface area contributed by atoms with E-state index in [0.29, 0.717) is 0 Å². The first-order chi connectivity index (χ1) is 12.2. The molecule has 2 rings (SSSR count). The molecular weight excluding hydrogens is 322 g/mol. The third kappa shape index (κ3) is 6.37. The highest BCUT2D eigenvalue weighted by Gasteiger charge is 2.23. The third-order valence-electron chi connectivity index (χ3n) is 3.29. The van der Waals surface area contributed by atoms with Gasteiger partial charge in [0.15, 0.2) is 0 Å². The van der Waals surface area contributed by atoms with Crippen molar-refractivity contribution in [3.8, 4) is 0 Å². The molecule has 0 aliphatic heterocycles. The maximum Gasteiger partial charge on any atom is 0.315 e. The second-order valence-electron chi connectivity index (χ2n) is 5.16. The molecule has 2 aromatic carbocycles. The molecule has 0 bridgehead atoms. The second kappa shape index (κ2) is 9.75. The summed E-state index contributed by atoms with van der Waals surface area (Å²) in [5, 5.41) is 3.34. The minimum atomic E-state index is -1.25. The molecule has 128 valence electrons. The first kappa shape index (κ1) is 18.0. The minimum absolute atomic E-state index is 0.0379. The molecule has 7 nitrogen and oxygen atoms in total. The van der Waals surface area contributed by atoms with Crippen molar-refractivity contribution in [2.24, 2.45) is 5.11 Å². The molecule has 0 amide bonds. The van der Waals surface area contributed by atoms with Crippen molar-refractivity contribution in [3.63, 3.8) is 0 Å². The van der Waals surface area contributed by atoms with Gasteiger partial charge in [0.05, 0.1) is 6.42 Å². The van der Waals surface area contributed by atoms with Crippen molar-refractivity contribution in [3.05, 3.63) is 82.2 Å². The van der Waals surface area contributed by atoms with Crippen LogP contribution in [0.4, 0.5) is 0 Å². The Morgan fingerprint density at radius 2 is 1.44 bits per heavy atom. The van der Waals surface area contributed by atoms with Crippen molar-refractivity contribution in [1.82, 2.24) is 0 Å². The maximum atomic E-state index is 12.0. The second-order valence-corrected chi connectivity index (χ2v) is 5.16. The van der Waals surface area contributed by atoms with E-state index in [-0.39, 0.29) is 19.6 Å². The highest BCUT2D eigenvalue weighted by atomic mass is 16.5. The molecule has 0 heterocycles. The normalized spacial score (nSPS) is 11.0. The first-order valence-corrected chi connectivity index (χ1v) is 7.63. The number of hydrogen-bond donors (Lipinski definition) is 0. The minimum Gasteiger partial charge on any atom is -0.461 e. The molecule has 2 aromatic rings. The lowest BCUT2D eigenvalue weighted by atomic mass is 10.2. The summed E-state index contributed by atoms with van der Waals surface area (Å²) < 4.78 is 10.2. The molecule has 0 saturated heterocycles. The quantitative estimate of drug-likeness (QED) is 0.317. The summed E-state index contributed by atoms with van der Waals surface area (Å²) in [6.07, 6.45) is -0.371. The van der Waals surface area contributed by atoms with Gasteiger partial charge < -0.3 is 9.47 Å². The summed E-state index contributed by atoms with van der Waals surface area (Å²) in [4.78, 5) is 26.5. The van der Waals surface area contributed by atoms with Crippen molar-refractivity contribution >= 4 is 11.9 Å². The van der Waals surface area contributed by atoms with Crippen molar-refractivity contribution in [2.75, 3.05) is 0 Å². The van der Waals surface area contributed by atoms with E-state index in [1.807, 2.05) is 48.5 Å². The van der Waals surface area contributed by atoms with E-state index >= 15 is 0 Å². The Kier molecular flexibility index (Phi) is 7.03. The van der Waals surface area contributed by atoms with Crippen molar-refractivity contribution < 1.29 is 19.1 Å². The fourth-order valence-corrected chi connectivity index (χ4v) is 2.01. The molecule has 0 unspecified atom stereocenters. The number of carbonyl (C=O) groups is 2. The van der Waals surface area contributed by atoms with Gasteiger partial charge in [-0.3, -0.25) is 9.59 Å². The van der Waals surface area contributed by atoms with Gasteiger partial charge in [0, 0.05) is 4.91 Å². The number of ether oxygens (including phenoxy) is 2. The fraction of sp³-hybridized carbons (Fsp3) is 0.222. The van der Waals surface area contributed by atoms with Gasteiger partial charge in [0.1, 0.15) is 19.3 Å². The number of hydrogen-bond acceptors (Lipinski definition) is 5. The van der Waals surface area contributed by atoms with E-state index in [1.165, 1.54) is 0 Å². The lowest BCUT2D eigenvalue weighted by Crippen LogP contribution is -2.25. The smallest absolute Gasteiger partial charge is 0.315 e. The third-order valence-corrected chi connectivity index (χ3v) is 3.29. The Morgan fingerprint density at radius 1 is 0.920 bits per heavy atom. The summed E-state index contributed by atoms with van der Waals surface area (Å²) in [6.45, 7) is 0.123. The van der Waals surface area contributed by atoms with Gasteiger partial charge in [-0.1, -0.05) is 65.8 Å². The van der Waals surface area contributed by atoms with Gasteiger partial charge >= 0.3 is 11.9 Å². The van der Waals surface area contributed by atoms with Crippen LogP contribution in [0.15, 0.2) is 65.8 Å². The van der Waals surface area contributed by atoms with Crippen LogP contribution in [0.25, 0.3) is 10.4 Å². The summed E-state index contributed by atoms with van der Waals surface area (Å²) in [5.74, 6) is -1.41. The molecule has 0 aliphatic carbocycles. The van der Waals surface area contributed by atoms with Crippen LogP contribution in [0.1, 0.15) is 17.5 Å². The Bertz CT molecular complexity index is 743. The van der Waals surface area contributed by atoms with Crippen LogP contribution in [-0.2, 0) is 32.3 Å². The number of esters is 2. The average molecular weight is 339 g/mol. The Balaban J connectivity index is 1.85. The zero-order valence-corrected chi connectivity index (χ0v) is 13.4. The Hall–Kier alpha value is -3.31. The predicted molar refractivity (Wildman–Crippen MR) is 90.0 cm³/mol. The monoisotopic (exact) mass is 339 g/mol. The summed E-state index contributed by atoms with van der Waals surface area (Å²) in [5.41, 5.74) is 10.2. The molecular formula is C18H17N3O4. The Labute approximate surface area is 144 Å². The molecule has 0 fully saturated rings. The van der Waals surface area contributed by atoms with Gasteiger partial charge in [-0.05, 0) is 16.7 Å². The SMILES string of the molecule is [N-]=[N+]=N[C@@H](CC(=O)OCc1ccccc1)C(=O)OCc1ccccc1. The lowest BCUT2D eigenvalue weighted by Gasteiger charge is -2.11. The van der Waals surface area contributed by atoms with Crippen LogP contribution in [-0.4, -0.2) is 18.0 Å². The van der Waals surface area contributed by atoms with Gasteiger partial charge in [0.2, 0.25) is 0 Å². The van der Waals surface area contributed by atoms with E-state index in [0.717, 1.165) is 11.1 Å². The lowest BCUT2D eigenvalue weighted by molar-refractivity contribution is -0.153. The number of nitrogens with zero attached hydrogens (tertiary/aromatic N) is 3. The zero-order valence-electron chi connectivity index (χ0n) is 13.4. The highest BCUT2D eigenvalue weighted by molar-refractivity contribution is 5.82. The van der Waals surface area contributed by atoms with E-state index < -0.39 is 18.0 Å². The maximum absolute atomic E-state index is 12.0.